The van der Waals surface area contributed by atoms with Gasteiger partial charge in [0.1, 0.15) is 5.60 Å². The van der Waals surface area contributed by atoms with Crippen molar-refractivity contribution in [2.75, 3.05) is 5.32 Å². The van der Waals surface area contributed by atoms with E-state index in [1.54, 1.807) is 0 Å². The van der Waals surface area contributed by atoms with Gasteiger partial charge in [0.25, 0.3) is 0 Å². The zero-order chi connectivity index (χ0) is 14.8. The lowest BCUT2D eigenvalue weighted by Gasteiger charge is -2.37. The van der Waals surface area contributed by atoms with Gasteiger partial charge < -0.3 is 15.4 Å². The summed E-state index contributed by atoms with van der Waals surface area (Å²) < 4.78 is 5.24. The number of rotatable bonds is 3. The van der Waals surface area contributed by atoms with Crippen LogP contribution in [0.2, 0.25) is 0 Å². The normalized spacial score (nSPS) is 21.8. The Hall–Kier alpha value is -1.71. The summed E-state index contributed by atoms with van der Waals surface area (Å²) in [5.74, 6) is 0. The molecule has 20 heavy (non-hydrogen) atoms. The molecule has 1 aromatic carbocycles. The first-order chi connectivity index (χ1) is 9.32. The van der Waals surface area contributed by atoms with E-state index in [0.717, 1.165) is 18.5 Å². The molecule has 1 fully saturated rings. The molecule has 110 valence electrons. The number of anilines is 1. The topological polar surface area (TPSA) is 50.4 Å². The van der Waals surface area contributed by atoms with Crippen molar-refractivity contribution in [2.24, 2.45) is 0 Å². The third-order valence-corrected chi connectivity index (χ3v) is 3.28. The second-order valence-corrected chi connectivity index (χ2v) is 6.52. The zero-order valence-corrected chi connectivity index (χ0v) is 12.7. The standard InChI is InChI=1S/C16H24N2O2/c1-11-5-7-12(8-6-11)17-13-9-14(10-13)18-15(19)20-16(2,3)4/h5-8,13-14,17H,9-10H2,1-4H3,(H,18,19). The number of carbonyl (C=O) groups is 1. The molecule has 1 aromatic rings. The summed E-state index contributed by atoms with van der Waals surface area (Å²) in [6.07, 6.45) is 1.55. The summed E-state index contributed by atoms with van der Waals surface area (Å²) in [7, 11) is 0. The molecule has 1 saturated carbocycles. The lowest BCUT2D eigenvalue weighted by atomic mass is 9.86. The Bertz CT molecular complexity index is 456. The van der Waals surface area contributed by atoms with Gasteiger partial charge in [0.2, 0.25) is 0 Å². The fourth-order valence-electron chi connectivity index (χ4n) is 2.21. The van der Waals surface area contributed by atoms with E-state index < -0.39 is 5.60 Å². The largest absolute Gasteiger partial charge is 0.444 e. The Kier molecular flexibility index (Phi) is 4.21. The van der Waals surface area contributed by atoms with Gasteiger partial charge >= 0.3 is 6.09 Å². The fraction of sp³-hybridized carbons (Fsp3) is 0.562. The number of alkyl carbamates (subject to hydrolysis) is 1. The molecule has 0 unspecified atom stereocenters. The van der Waals surface area contributed by atoms with Crippen molar-refractivity contribution in [1.29, 1.82) is 0 Å². The van der Waals surface area contributed by atoms with Gasteiger partial charge in [-0.25, -0.2) is 4.79 Å². The number of amides is 1. The molecule has 2 rings (SSSR count). The molecule has 1 aliphatic carbocycles. The summed E-state index contributed by atoms with van der Waals surface area (Å²) in [6, 6.07) is 9.01. The van der Waals surface area contributed by atoms with Gasteiger partial charge in [0.15, 0.2) is 0 Å². The van der Waals surface area contributed by atoms with Crippen LogP contribution in [0, 0.1) is 6.92 Å². The van der Waals surface area contributed by atoms with E-state index in [9.17, 15) is 4.79 Å². The molecule has 0 aromatic heterocycles. The smallest absolute Gasteiger partial charge is 0.407 e. The zero-order valence-electron chi connectivity index (χ0n) is 12.7. The summed E-state index contributed by atoms with van der Waals surface area (Å²) >= 11 is 0. The maximum absolute atomic E-state index is 11.6. The molecule has 0 bridgehead atoms. The number of carbonyl (C=O) groups excluding carboxylic acids is 1. The number of benzene rings is 1. The Balaban J connectivity index is 1.70. The molecule has 4 heteroatoms. The van der Waals surface area contributed by atoms with Crippen LogP contribution in [0.5, 0.6) is 0 Å². The van der Waals surface area contributed by atoms with Crippen molar-refractivity contribution in [3.63, 3.8) is 0 Å². The summed E-state index contributed by atoms with van der Waals surface area (Å²) in [6.45, 7) is 7.69. The first-order valence-electron chi connectivity index (χ1n) is 7.14. The summed E-state index contributed by atoms with van der Waals surface area (Å²) in [4.78, 5) is 11.6. The van der Waals surface area contributed by atoms with Gasteiger partial charge in [-0.1, -0.05) is 17.7 Å². The highest BCUT2D eigenvalue weighted by Crippen LogP contribution is 2.24. The van der Waals surface area contributed by atoms with E-state index in [1.807, 2.05) is 20.8 Å². The molecule has 0 aliphatic heterocycles. The minimum absolute atomic E-state index is 0.216. The molecule has 1 amide bonds. The first-order valence-corrected chi connectivity index (χ1v) is 7.14. The van der Waals surface area contributed by atoms with Gasteiger partial charge in [-0.2, -0.15) is 0 Å². The Morgan fingerprint density at radius 3 is 2.30 bits per heavy atom. The maximum atomic E-state index is 11.6. The number of ether oxygens (including phenoxy) is 1. The van der Waals surface area contributed by atoms with E-state index in [4.69, 9.17) is 4.74 Å². The number of nitrogens with one attached hydrogen (secondary N) is 2. The fourth-order valence-corrected chi connectivity index (χ4v) is 2.21. The number of hydrogen-bond acceptors (Lipinski definition) is 3. The van der Waals surface area contributed by atoms with Crippen LogP contribution in [0.3, 0.4) is 0 Å². The van der Waals surface area contributed by atoms with E-state index in [2.05, 4.69) is 41.8 Å². The lowest BCUT2D eigenvalue weighted by molar-refractivity contribution is 0.0475. The highest BCUT2D eigenvalue weighted by molar-refractivity contribution is 5.68. The highest BCUT2D eigenvalue weighted by Gasteiger charge is 2.31. The third kappa shape index (κ3) is 4.44. The minimum Gasteiger partial charge on any atom is -0.444 e. The van der Waals surface area contributed by atoms with Gasteiger partial charge in [0.05, 0.1) is 0 Å². The van der Waals surface area contributed by atoms with Gasteiger partial charge in [-0.3, -0.25) is 0 Å². The quantitative estimate of drug-likeness (QED) is 0.889. The highest BCUT2D eigenvalue weighted by atomic mass is 16.6. The van der Waals surface area contributed by atoms with Crippen molar-refractivity contribution in [3.05, 3.63) is 29.8 Å². The van der Waals surface area contributed by atoms with Crippen LogP contribution < -0.4 is 10.6 Å². The van der Waals surface area contributed by atoms with Gasteiger partial charge in [-0.05, 0) is 52.7 Å². The molecule has 4 nitrogen and oxygen atoms in total. The minimum atomic E-state index is -0.437. The average molecular weight is 276 g/mol. The molecule has 0 atom stereocenters. The van der Waals surface area contributed by atoms with Crippen LogP contribution >= 0.6 is 0 Å². The third-order valence-electron chi connectivity index (χ3n) is 3.28. The Morgan fingerprint density at radius 2 is 1.75 bits per heavy atom. The van der Waals surface area contributed by atoms with E-state index in [0.29, 0.717) is 6.04 Å². The van der Waals surface area contributed by atoms with Gasteiger partial charge in [-0.15, -0.1) is 0 Å². The van der Waals surface area contributed by atoms with Crippen LogP contribution in [-0.2, 0) is 4.74 Å². The molecule has 0 saturated heterocycles. The Morgan fingerprint density at radius 1 is 1.15 bits per heavy atom. The van der Waals surface area contributed by atoms with Crippen LogP contribution in [0.1, 0.15) is 39.2 Å². The molecule has 1 aliphatic rings. The van der Waals surface area contributed by atoms with E-state index >= 15 is 0 Å². The first kappa shape index (κ1) is 14.7. The maximum Gasteiger partial charge on any atom is 0.407 e. The molecule has 0 spiro atoms. The van der Waals surface area contributed by atoms with Gasteiger partial charge in [0, 0.05) is 17.8 Å². The van der Waals surface area contributed by atoms with Crippen molar-refractivity contribution in [2.45, 2.75) is 58.2 Å². The molecular weight excluding hydrogens is 252 g/mol. The van der Waals surface area contributed by atoms with Crippen LogP contribution in [0.15, 0.2) is 24.3 Å². The van der Waals surface area contributed by atoms with Crippen molar-refractivity contribution in [1.82, 2.24) is 5.32 Å². The predicted octanol–water partition coefficient (Wildman–Crippen LogP) is 3.46. The Labute approximate surface area is 120 Å². The molecular formula is C16H24N2O2. The van der Waals surface area contributed by atoms with Crippen molar-refractivity contribution < 1.29 is 9.53 Å². The van der Waals surface area contributed by atoms with Crippen LogP contribution in [0.4, 0.5) is 10.5 Å². The summed E-state index contributed by atoms with van der Waals surface area (Å²) in [5, 5.41) is 6.36. The molecule has 0 heterocycles. The number of hydrogen-bond donors (Lipinski definition) is 2. The molecule has 0 radical (unpaired) electrons. The van der Waals surface area contributed by atoms with Crippen molar-refractivity contribution >= 4 is 11.8 Å². The average Bonchev–Trinajstić information content (AvgIpc) is 2.26. The van der Waals surface area contributed by atoms with Crippen LogP contribution in [0.25, 0.3) is 0 Å². The lowest BCUT2D eigenvalue weighted by Crippen LogP contribution is -2.50. The second kappa shape index (κ2) is 5.73. The SMILES string of the molecule is Cc1ccc(NC2CC(NC(=O)OC(C)(C)C)C2)cc1. The summed E-state index contributed by atoms with van der Waals surface area (Å²) in [5.41, 5.74) is 1.96. The number of aryl methyl sites for hydroxylation is 1. The van der Waals surface area contributed by atoms with Crippen LogP contribution in [-0.4, -0.2) is 23.8 Å². The second-order valence-electron chi connectivity index (χ2n) is 6.52. The van der Waals surface area contributed by atoms with E-state index in [1.165, 1.54) is 5.56 Å². The monoisotopic (exact) mass is 276 g/mol. The van der Waals surface area contributed by atoms with E-state index in [-0.39, 0.29) is 12.1 Å². The predicted molar refractivity (Wildman–Crippen MR) is 81.0 cm³/mol. The molecule has 2 N–H and O–H groups in total. The van der Waals surface area contributed by atoms with Crippen molar-refractivity contribution in [3.8, 4) is 0 Å².